The third-order valence-corrected chi connectivity index (χ3v) is 5.43. The number of benzene rings is 1. The molecule has 1 aromatic carbocycles. The Labute approximate surface area is 161 Å². The molecule has 0 bridgehead atoms. The highest BCUT2D eigenvalue weighted by Crippen LogP contribution is 2.30. The van der Waals surface area contributed by atoms with E-state index in [9.17, 15) is 4.79 Å². The fraction of sp³-hybridized carbons (Fsp3) is 0.278. The van der Waals surface area contributed by atoms with Gasteiger partial charge in [-0.3, -0.25) is 4.79 Å². The first-order valence-electron chi connectivity index (χ1n) is 8.21. The topological polar surface area (TPSA) is 69.6 Å². The standard InChI is InChI=1S/C18H21N5OS2/c1-12-6-4-5-7-14(12)21-18-22-16(24)15(26-18)10-13-11-20-17(25-13)19-8-9-23(2)3/h4-7,10-11H,8-9H2,1-3H3,(H,19,20)(H,21,22,24)/b15-10-. The molecule has 1 aliphatic heterocycles. The van der Waals surface area contributed by atoms with Crippen molar-refractivity contribution >= 4 is 51.1 Å². The quantitative estimate of drug-likeness (QED) is 0.744. The number of aromatic nitrogens is 1. The zero-order valence-corrected chi connectivity index (χ0v) is 16.6. The molecule has 3 rings (SSSR count). The third kappa shape index (κ3) is 4.94. The van der Waals surface area contributed by atoms with E-state index in [-0.39, 0.29) is 5.91 Å². The molecule has 2 N–H and O–H groups in total. The van der Waals surface area contributed by atoms with Gasteiger partial charge in [-0.2, -0.15) is 0 Å². The number of hydrogen-bond acceptors (Lipinski definition) is 7. The zero-order chi connectivity index (χ0) is 18.5. The molecule has 1 aliphatic rings. The van der Waals surface area contributed by atoms with Gasteiger partial charge in [0.2, 0.25) is 0 Å². The smallest absolute Gasteiger partial charge is 0.264 e. The van der Waals surface area contributed by atoms with E-state index in [4.69, 9.17) is 0 Å². The number of hydrogen-bond donors (Lipinski definition) is 2. The second-order valence-electron chi connectivity index (χ2n) is 6.07. The molecule has 1 aromatic heterocycles. The molecule has 0 unspecified atom stereocenters. The van der Waals surface area contributed by atoms with Gasteiger partial charge in [0.15, 0.2) is 10.3 Å². The lowest BCUT2D eigenvalue weighted by atomic mass is 10.2. The van der Waals surface area contributed by atoms with Crippen LogP contribution in [0.1, 0.15) is 10.4 Å². The summed E-state index contributed by atoms with van der Waals surface area (Å²) >= 11 is 2.88. The second kappa shape index (κ2) is 8.48. The molecule has 2 aromatic rings. The minimum absolute atomic E-state index is 0.127. The van der Waals surface area contributed by atoms with E-state index >= 15 is 0 Å². The van der Waals surface area contributed by atoms with Crippen molar-refractivity contribution in [3.63, 3.8) is 0 Å². The highest BCUT2D eigenvalue weighted by molar-refractivity contribution is 8.18. The average molecular weight is 388 g/mol. The van der Waals surface area contributed by atoms with Crippen LogP contribution >= 0.6 is 23.1 Å². The fourth-order valence-corrected chi connectivity index (χ4v) is 3.91. The predicted molar refractivity (Wildman–Crippen MR) is 111 cm³/mol. The lowest BCUT2D eigenvalue weighted by molar-refractivity contribution is -0.115. The summed E-state index contributed by atoms with van der Waals surface area (Å²) in [5, 5.41) is 7.57. The van der Waals surface area contributed by atoms with Crippen molar-refractivity contribution in [3.05, 3.63) is 45.8 Å². The average Bonchev–Trinajstić information content (AvgIpc) is 3.17. The Balaban J connectivity index is 1.67. The summed E-state index contributed by atoms with van der Waals surface area (Å²) in [5.74, 6) is -0.127. The first kappa shape index (κ1) is 18.6. The van der Waals surface area contributed by atoms with Gasteiger partial charge < -0.3 is 15.5 Å². The Morgan fingerprint density at radius 1 is 1.35 bits per heavy atom. The van der Waals surface area contributed by atoms with Gasteiger partial charge in [-0.05, 0) is 50.5 Å². The van der Waals surface area contributed by atoms with Gasteiger partial charge in [-0.1, -0.05) is 29.5 Å². The van der Waals surface area contributed by atoms with Gasteiger partial charge in [0.25, 0.3) is 5.91 Å². The Morgan fingerprint density at radius 2 is 2.15 bits per heavy atom. The fourth-order valence-electron chi connectivity index (χ4n) is 2.23. The molecule has 0 spiro atoms. The molecule has 1 amide bonds. The molecule has 6 nitrogen and oxygen atoms in total. The van der Waals surface area contributed by atoms with E-state index < -0.39 is 0 Å². The second-order valence-corrected chi connectivity index (χ2v) is 8.16. The van der Waals surface area contributed by atoms with Crippen LogP contribution in [0.15, 0.2) is 40.4 Å². The summed E-state index contributed by atoms with van der Waals surface area (Å²) in [4.78, 5) is 24.8. The minimum atomic E-state index is -0.127. The Morgan fingerprint density at radius 3 is 2.92 bits per heavy atom. The largest absolute Gasteiger partial charge is 0.360 e. The van der Waals surface area contributed by atoms with Crippen molar-refractivity contribution in [1.29, 1.82) is 0 Å². The number of likely N-dealkylation sites (N-methyl/N-ethyl adjacent to an activating group) is 1. The summed E-state index contributed by atoms with van der Waals surface area (Å²) in [7, 11) is 4.07. The van der Waals surface area contributed by atoms with Crippen LogP contribution in [0, 0.1) is 6.92 Å². The first-order valence-corrected chi connectivity index (χ1v) is 9.84. The van der Waals surface area contributed by atoms with Gasteiger partial charge in [-0.25, -0.2) is 9.98 Å². The number of carbonyl (C=O) groups excluding carboxylic acids is 1. The van der Waals surface area contributed by atoms with E-state index in [1.54, 1.807) is 6.20 Å². The van der Waals surface area contributed by atoms with Gasteiger partial charge in [-0.15, -0.1) is 0 Å². The minimum Gasteiger partial charge on any atom is -0.360 e. The maximum atomic E-state index is 12.2. The number of nitrogens with zero attached hydrogens (tertiary/aromatic N) is 3. The molecule has 0 atom stereocenters. The monoisotopic (exact) mass is 387 g/mol. The number of carbonyl (C=O) groups is 1. The number of thiazole rings is 1. The normalized spacial score (nSPS) is 17.3. The van der Waals surface area contributed by atoms with Crippen LogP contribution in [0.3, 0.4) is 0 Å². The van der Waals surface area contributed by atoms with Crippen LogP contribution in [0.5, 0.6) is 0 Å². The number of thioether (sulfide) groups is 1. The molecule has 0 aliphatic carbocycles. The highest BCUT2D eigenvalue weighted by atomic mass is 32.2. The van der Waals surface area contributed by atoms with E-state index in [1.807, 2.05) is 51.4 Å². The molecule has 2 heterocycles. The van der Waals surface area contributed by atoms with Gasteiger partial charge >= 0.3 is 0 Å². The van der Waals surface area contributed by atoms with Crippen LogP contribution in [0.2, 0.25) is 0 Å². The maximum absolute atomic E-state index is 12.2. The first-order chi connectivity index (χ1) is 12.5. The van der Waals surface area contributed by atoms with Gasteiger partial charge in [0.05, 0.1) is 15.5 Å². The zero-order valence-electron chi connectivity index (χ0n) is 14.9. The van der Waals surface area contributed by atoms with Crippen LogP contribution in [0.25, 0.3) is 6.08 Å². The molecule has 0 radical (unpaired) electrons. The van der Waals surface area contributed by atoms with Crippen molar-refractivity contribution in [3.8, 4) is 0 Å². The van der Waals surface area contributed by atoms with Gasteiger partial charge in [0, 0.05) is 19.3 Å². The van der Waals surface area contributed by atoms with Crippen LogP contribution < -0.4 is 10.6 Å². The van der Waals surface area contributed by atoms with Crippen LogP contribution in [0.4, 0.5) is 10.8 Å². The summed E-state index contributed by atoms with van der Waals surface area (Å²) in [6, 6.07) is 7.84. The number of amidine groups is 1. The van der Waals surface area contributed by atoms with E-state index in [2.05, 4.69) is 25.5 Å². The molecular formula is C18H21N5OS2. The van der Waals surface area contributed by atoms with E-state index in [0.717, 1.165) is 34.3 Å². The predicted octanol–water partition coefficient (Wildman–Crippen LogP) is 3.32. The summed E-state index contributed by atoms with van der Waals surface area (Å²) < 4.78 is 0. The summed E-state index contributed by atoms with van der Waals surface area (Å²) in [6.07, 6.45) is 3.63. The number of para-hydroxylation sites is 1. The third-order valence-electron chi connectivity index (χ3n) is 3.62. The van der Waals surface area contributed by atoms with Gasteiger partial charge in [0.1, 0.15) is 0 Å². The van der Waals surface area contributed by atoms with Crippen molar-refractivity contribution in [2.75, 3.05) is 32.5 Å². The molecule has 0 saturated carbocycles. The van der Waals surface area contributed by atoms with E-state index in [0.29, 0.717) is 10.1 Å². The van der Waals surface area contributed by atoms with Crippen LogP contribution in [-0.2, 0) is 4.79 Å². The number of amides is 1. The van der Waals surface area contributed by atoms with Crippen molar-refractivity contribution in [1.82, 2.24) is 15.2 Å². The maximum Gasteiger partial charge on any atom is 0.264 e. The van der Waals surface area contributed by atoms with Crippen molar-refractivity contribution in [2.24, 2.45) is 4.99 Å². The number of aliphatic imine (C=N–C) groups is 1. The molecule has 26 heavy (non-hydrogen) atoms. The lowest BCUT2D eigenvalue weighted by Gasteiger charge is -2.08. The lowest BCUT2D eigenvalue weighted by Crippen LogP contribution is -2.20. The van der Waals surface area contributed by atoms with E-state index in [1.165, 1.54) is 23.1 Å². The number of anilines is 1. The Kier molecular flexibility index (Phi) is 6.08. The molecular weight excluding hydrogens is 366 g/mol. The summed E-state index contributed by atoms with van der Waals surface area (Å²) in [6.45, 7) is 3.77. The van der Waals surface area contributed by atoms with Crippen molar-refractivity contribution < 1.29 is 4.79 Å². The van der Waals surface area contributed by atoms with Crippen LogP contribution in [-0.4, -0.2) is 48.1 Å². The van der Waals surface area contributed by atoms with Crippen molar-refractivity contribution in [2.45, 2.75) is 6.92 Å². The number of rotatable bonds is 6. The SMILES string of the molecule is Cc1ccccc1N=C1NC(=O)/C(=C/c2cnc(NCCN(C)C)s2)S1. The number of nitrogens with one attached hydrogen (secondary N) is 2. The molecule has 8 heteroatoms. The summed E-state index contributed by atoms with van der Waals surface area (Å²) in [5.41, 5.74) is 1.94. The molecule has 1 saturated heterocycles. The molecule has 1 fully saturated rings. The highest BCUT2D eigenvalue weighted by Gasteiger charge is 2.24. The number of aryl methyl sites for hydroxylation is 1. The Bertz CT molecular complexity index is 857. The molecule has 136 valence electrons. The Hall–Kier alpha value is -2.16.